The molecule has 4 nitrogen and oxygen atoms in total. The molecule has 2 rings (SSSR count). The number of carbonyl (C=O) groups is 1. The lowest BCUT2D eigenvalue weighted by Gasteiger charge is -2.04. The zero-order valence-electron chi connectivity index (χ0n) is 10.3. The lowest BCUT2D eigenvalue weighted by Crippen LogP contribution is -2.17. The molecule has 0 aliphatic carbocycles. The Balaban J connectivity index is 1.70. The third-order valence-electron chi connectivity index (χ3n) is 2.55. The predicted octanol–water partition coefficient (Wildman–Crippen LogP) is 2.86. The van der Waals surface area contributed by atoms with Crippen molar-refractivity contribution in [3.63, 3.8) is 0 Å². The summed E-state index contributed by atoms with van der Waals surface area (Å²) in [7, 11) is 0. The molecule has 100 valence electrons. The Morgan fingerprint density at radius 3 is 2.79 bits per heavy atom. The summed E-state index contributed by atoms with van der Waals surface area (Å²) >= 11 is 1.76. The summed E-state index contributed by atoms with van der Waals surface area (Å²) in [5.74, 6) is 0.439. The second-order valence-electron chi connectivity index (χ2n) is 3.90. The van der Waals surface area contributed by atoms with E-state index < -0.39 is 5.97 Å². The van der Waals surface area contributed by atoms with Crippen LogP contribution >= 0.6 is 11.8 Å². The molecule has 0 aliphatic heterocycles. The van der Waals surface area contributed by atoms with Crippen molar-refractivity contribution in [1.29, 1.82) is 0 Å². The molecular weight excluding hydrogens is 262 g/mol. The summed E-state index contributed by atoms with van der Waals surface area (Å²) in [6.45, 7) is 1.23. The highest BCUT2D eigenvalue weighted by atomic mass is 32.2. The molecule has 1 aromatic carbocycles. The van der Waals surface area contributed by atoms with E-state index in [9.17, 15) is 4.79 Å². The van der Waals surface area contributed by atoms with Gasteiger partial charge in [-0.05, 0) is 18.2 Å². The zero-order chi connectivity index (χ0) is 13.5. The summed E-state index contributed by atoms with van der Waals surface area (Å²) in [5.41, 5.74) is 0.225. The van der Waals surface area contributed by atoms with Gasteiger partial charge in [-0.2, -0.15) is 0 Å². The van der Waals surface area contributed by atoms with Gasteiger partial charge in [-0.15, -0.1) is 11.8 Å². The first-order chi connectivity index (χ1) is 9.27. The predicted molar refractivity (Wildman–Crippen MR) is 74.5 cm³/mol. The largest absolute Gasteiger partial charge is 0.478 e. The van der Waals surface area contributed by atoms with Crippen LogP contribution in [-0.2, 0) is 6.54 Å². The van der Waals surface area contributed by atoms with Crippen LogP contribution in [0.3, 0.4) is 0 Å². The highest BCUT2D eigenvalue weighted by molar-refractivity contribution is 7.99. The van der Waals surface area contributed by atoms with Crippen LogP contribution in [0.2, 0.25) is 0 Å². The van der Waals surface area contributed by atoms with Crippen molar-refractivity contribution in [2.24, 2.45) is 0 Å². The van der Waals surface area contributed by atoms with Crippen LogP contribution in [-0.4, -0.2) is 23.4 Å². The molecule has 0 saturated carbocycles. The van der Waals surface area contributed by atoms with Gasteiger partial charge in [0.25, 0.3) is 0 Å². The average Bonchev–Trinajstić information content (AvgIpc) is 2.88. The van der Waals surface area contributed by atoms with Crippen LogP contribution in [0.4, 0.5) is 0 Å². The standard InChI is InChI=1S/C14H15NO3S/c16-14(17)12-6-8-18-13(12)10-15-7-9-19-11-4-2-1-3-5-11/h1-6,8,15H,7,9-10H2,(H,16,17). The molecule has 0 amide bonds. The number of furan rings is 1. The Hall–Kier alpha value is -1.72. The number of carboxylic acids is 1. The van der Waals surface area contributed by atoms with Gasteiger partial charge in [-0.3, -0.25) is 0 Å². The maximum Gasteiger partial charge on any atom is 0.339 e. The van der Waals surface area contributed by atoms with Crippen LogP contribution in [0.1, 0.15) is 16.1 Å². The molecule has 0 unspecified atom stereocenters. The Morgan fingerprint density at radius 1 is 1.26 bits per heavy atom. The number of aromatic carboxylic acids is 1. The molecule has 0 saturated heterocycles. The highest BCUT2D eigenvalue weighted by Crippen LogP contribution is 2.16. The van der Waals surface area contributed by atoms with Crippen LogP contribution in [0, 0.1) is 0 Å². The van der Waals surface area contributed by atoms with Crippen LogP contribution < -0.4 is 5.32 Å². The van der Waals surface area contributed by atoms with Gasteiger partial charge in [0, 0.05) is 17.2 Å². The minimum Gasteiger partial charge on any atom is -0.478 e. The van der Waals surface area contributed by atoms with Crippen molar-refractivity contribution in [2.75, 3.05) is 12.3 Å². The Morgan fingerprint density at radius 2 is 2.05 bits per heavy atom. The summed E-state index contributed by atoms with van der Waals surface area (Å²) < 4.78 is 5.14. The third-order valence-corrected chi connectivity index (χ3v) is 3.57. The molecule has 0 radical (unpaired) electrons. The van der Waals surface area contributed by atoms with Crippen molar-refractivity contribution in [3.8, 4) is 0 Å². The van der Waals surface area contributed by atoms with Crippen molar-refractivity contribution in [1.82, 2.24) is 5.32 Å². The van der Waals surface area contributed by atoms with Crippen molar-refractivity contribution in [2.45, 2.75) is 11.4 Å². The van der Waals surface area contributed by atoms with Gasteiger partial charge in [0.05, 0.1) is 12.8 Å². The van der Waals surface area contributed by atoms with E-state index in [2.05, 4.69) is 17.4 Å². The van der Waals surface area contributed by atoms with E-state index in [4.69, 9.17) is 9.52 Å². The number of hydrogen-bond donors (Lipinski definition) is 2. The summed E-state index contributed by atoms with van der Waals surface area (Å²) in [6.07, 6.45) is 1.40. The Labute approximate surface area is 115 Å². The van der Waals surface area contributed by atoms with Crippen LogP contribution in [0.25, 0.3) is 0 Å². The van der Waals surface area contributed by atoms with Gasteiger partial charge in [0.2, 0.25) is 0 Å². The first-order valence-electron chi connectivity index (χ1n) is 5.95. The topological polar surface area (TPSA) is 62.5 Å². The van der Waals surface area contributed by atoms with E-state index in [0.717, 1.165) is 12.3 Å². The number of nitrogens with one attached hydrogen (secondary N) is 1. The number of carboxylic acid groups (broad SMARTS) is 1. The van der Waals surface area contributed by atoms with Gasteiger partial charge in [-0.25, -0.2) is 4.79 Å². The first kappa shape index (κ1) is 13.7. The molecule has 0 spiro atoms. The maximum absolute atomic E-state index is 10.9. The van der Waals surface area contributed by atoms with E-state index >= 15 is 0 Å². The van der Waals surface area contributed by atoms with E-state index in [-0.39, 0.29) is 5.56 Å². The van der Waals surface area contributed by atoms with Gasteiger partial charge < -0.3 is 14.8 Å². The molecule has 19 heavy (non-hydrogen) atoms. The fourth-order valence-electron chi connectivity index (χ4n) is 1.63. The second kappa shape index (κ2) is 7.01. The lowest BCUT2D eigenvalue weighted by atomic mass is 10.2. The smallest absolute Gasteiger partial charge is 0.339 e. The molecule has 0 atom stereocenters. The number of thioether (sulfide) groups is 1. The van der Waals surface area contributed by atoms with Crippen molar-refractivity contribution in [3.05, 3.63) is 54.0 Å². The first-order valence-corrected chi connectivity index (χ1v) is 6.94. The van der Waals surface area contributed by atoms with Gasteiger partial charge in [-0.1, -0.05) is 18.2 Å². The summed E-state index contributed by atoms with van der Waals surface area (Å²) in [5, 5.41) is 12.1. The van der Waals surface area contributed by atoms with Crippen molar-refractivity contribution < 1.29 is 14.3 Å². The van der Waals surface area contributed by atoms with Gasteiger partial charge in [0.15, 0.2) is 0 Å². The molecule has 0 fully saturated rings. The van der Waals surface area contributed by atoms with Crippen molar-refractivity contribution >= 4 is 17.7 Å². The number of rotatable bonds is 7. The molecular formula is C14H15NO3S. The molecule has 1 heterocycles. The summed E-state index contributed by atoms with van der Waals surface area (Å²) in [4.78, 5) is 12.1. The molecule has 0 bridgehead atoms. The average molecular weight is 277 g/mol. The Kier molecular flexibility index (Phi) is 5.06. The fourth-order valence-corrected chi connectivity index (χ4v) is 2.46. The SMILES string of the molecule is O=C(O)c1ccoc1CNCCSc1ccccc1. The molecule has 2 aromatic rings. The minimum absolute atomic E-state index is 0.225. The number of benzene rings is 1. The number of hydrogen-bond acceptors (Lipinski definition) is 4. The fraction of sp³-hybridized carbons (Fsp3) is 0.214. The Bertz CT molecular complexity index is 524. The van der Waals surface area contributed by atoms with Gasteiger partial charge in [0.1, 0.15) is 11.3 Å². The molecule has 0 aliphatic rings. The zero-order valence-corrected chi connectivity index (χ0v) is 11.2. The summed E-state index contributed by atoms with van der Waals surface area (Å²) in [6, 6.07) is 11.6. The van der Waals surface area contributed by atoms with E-state index in [0.29, 0.717) is 12.3 Å². The second-order valence-corrected chi connectivity index (χ2v) is 5.07. The molecule has 2 N–H and O–H groups in total. The molecule has 5 heteroatoms. The monoisotopic (exact) mass is 277 g/mol. The quantitative estimate of drug-likeness (QED) is 0.602. The lowest BCUT2D eigenvalue weighted by molar-refractivity contribution is 0.0694. The maximum atomic E-state index is 10.9. The van der Waals surface area contributed by atoms with E-state index in [1.165, 1.54) is 17.2 Å². The molecule has 1 aromatic heterocycles. The van der Waals surface area contributed by atoms with Crippen LogP contribution in [0.15, 0.2) is 52.0 Å². The third kappa shape index (κ3) is 4.15. The minimum atomic E-state index is -0.954. The van der Waals surface area contributed by atoms with Crippen LogP contribution in [0.5, 0.6) is 0 Å². The van der Waals surface area contributed by atoms with E-state index in [1.54, 1.807) is 11.8 Å². The van der Waals surface area contributed by atoms with Gasteiger partial charge >= 0.3 is 5.97 Å². The van der Waals surface area contributed by atoms with E-state index in [1.807, 2.05) is 18.2 Å². The highest BCUT2D eigenvalue weighted by Gasteiger charge is 2.12. The normalized spacial score (nSPS) is 10.5.